The summed E-state index contributed by atoms with van der Waals surface area (Å²) in [5, 5.41) is 10.4. The van der Waals surface area contributed by atoms with Crippen molar-refractivity contribution in [3.05, 3.63) is 58.7 Å². The van der Waals surface area contributed by atoms with Crippen LogP contribution in [-0.4, -0.2) is 15.1 Å². The molecule has 0 spiro atoms. The summed E-state index contributed by atoms with van der Waals surface area (Å²) in [4.78, 5) is 8.33. The van der Waals surface area contributed by atoms with Crippen LogP contribution in [0.25, 0.3) is 0 Å². The fourth-order valence-corrected chi connectivity index (χ4v) is 2.56. The summed E-state index contributed by atoms with van der Waals surface area (Å²) in [7, 11) is 0. The first-order chi connectivity index (χ1) is 8.74. The Morgan fingerprint density at radius 1 is 1.17 bits per heavy atom. The van der Waals surface area contributed by atoms with E-state index in [-0.39, 0.29) is 0 Å². The summed E-state index contributed by atoms with van der Waals surface area (Å²) in [5.41, 5.74) is 4.39. The summed E-state index contributed by atoms with van der Waals surface area (Å²) in [6.45, 7) is 1.83. The first kappa shape index (κ1) is 11.4. The average Bonchev–Trinajstić information content (AvgIpc) is 2.85. The molecule has 1 aliphatic carbocycles. The number of hydrogen-bond acceptors (Lipinski definition) is 3. The SMILES string of the molecule is Cc1nccc(C(O)c2ccc3c(c2)CCC3)n1. The number of aliphatic hydroxyl groups excluding tert-OH is 1. The van der Waals surface area contributed by atoms with Gasteiger partial charge in [-0.15, -0.1) is 0 Å². The molecule has 0 fully saturated rings. The Morgan fingerprint density at radius 3 is 2.83 bits per heavy atom. The Kier molecular flexibility index (Phi) is 2.84. The molecule has 0 saturated carbocycles. The van der Waals surface area contributed by atoms with E-state index < -0.39 is 6.10 Å². The molecular weight excluding hydrogens is 224 g/mol. The van der Waals surface area contributed by atoms with E-state index in [2.05, 4.69) is 22.1 Å². The lowest BCUT2D eigenvalue weighted by Gasteiger charge is -2.12. The predicted octanol–water partition coefficient (Wildman–Crippen LogP) is 2.36. The molecule has 0 saturated heterocycles. The molecule has 1 N–H and O–H groups in total. The van der Waals surface area contributed by atoms with E-state index in [0.717, 1.165) is 12.0 Å². The van der Waals surface area contributed by atoms with Crippen LogP contribution in [0.4, 0.5) is 0 Å². The van der Waals surface area contributed by atoms with Crippen molar-refractivity contribution in [3.8, 4) is 0 Å². The molecule has 0 radical (unpaired) electrons. The predicted molar refractivity (Wildman–Crippen MR) is 69.3 cm³/mol. The highest BCUT2D eigenvalue weighted by Gasteiger charge is 2.16. The zero-order valence-corrected chi connectivity index (χ0v) is 10.4. The molecule has 3 nitrogen and oxygen atoms in total. The molecule has 1 aliphatic rings. The van der Waals surface area contributed by atoms with Crippen LogP contribution >= 0.6 is 0 Å². The molecule has 3 rings (SSSR count). The van der Waals surface area contributed by atoms with Gasteiger partial charge in [0.05, 0.1) is 5.69 Å². The third-order valence-corrected chi connectivity index (χ3v) is 3.52. The number of hydrogen-bond donors (Lipinski definition) is 1. The van der Waals surface area contributed by atoms with Gasteiger partial charge >= 0.3 is 0 Å². The van der Waals surface area contributed by atoms with Gasteiger partial charge in [-0.1, -0.05) is 18.2 Å². The molecular formula is C15H16N2O. The van der Waals surface area contributed by atoms with Crippen molar-refractivity contribution < 1.29 is 5.11 Å². The van der Waals surface area contributed by atoms with Crippen molar-refractivity contribution >= 4 is 0 Å². The van der Waals surface area contributed by atoms with Crippen LogP contribution in [-0.2, 0) is 12.8 Å². The molecule has 1 aromatic carbocycles. The summed E-state index contributed by atoms with van der Waals surface area (Å²) < 4.78 is 0. The second-order valence-corrected chi connectivity index (χ2v) is 4.81. The molecule has 1 atom stereocenters. The van der Waals surface area contributed by atoms with Gasteiger partial charge in [-0.2, -0.15) is 0 Å². The van der Waals surface area contributed by atoms with E-state index in [1.165, 1.54) is 24.0 Å². The maximum atomic E-state index is 10.4. The van der Waals surface area contributed by atoms with E-state index >= 15 is 0 Å². The molecule has 2 aromatic rings. The lowest BCUT2D eigenvalue weighted by molar-refractivity contribution is 0.215. The number of aliphatic hydroxyl groups is 1. The Labute approximate surface area is 107 Å². The number of benzene rings is 1. The number of aromatic nitrogens is 2. The van der Waals surface area contributed by atoms with E-state index in [1.54, 1.807) is 12.3 Å². The fraction of sp³-hybridized carbons (Fsp3) is 0.333. The fourth-order valence-electron chi connectivity index (χ4n) is 2.56. The molecule has 3 heteroatoms. The van der Waals surface area contributed by atoms with Gasteiger partial charge in [0.1, 0.15) is 11.9 Å². The van der Waals surface area contributed by atoms with Crippen LogP contribution in [0.3, 0.4) is 0 Å². The van der Waals surface area contributed by atoms with Gasteiger partial charge in [0.2, 0.25) is 0 Å². The van der Waals surface area contributed by atoms with Crippen LogP contribution in [0.2, 0.25) is 0 Å². The molecule has 1 unspecified atom stereocenters. The zero-order chi connectivity index (χ0) is 12.5. The highest BCUT2D eigenvalue weighted by molar-refractivity contribution is 5.38. The minimum Gasteiger partial charge on any atom is -0.382 e. The summed E-state index contributed by atoms with van der Waals surface area (Å²) in [6.07, 6.45) is 4.55. The largest absolute Gasteiger partial charge is 0.382 e. The van der Waals surface area contributed by atoms with Crippen molar-refractivity contribution in [1.29, 1.82) is 0 Å². The molecule has 1 aromatic heterocycles. The van der Waals surface area contributed by atoms with Gasteiger partial charge < -0.3 is 5.11 Å². The molecule has 92 valence electrons. The molecule has 18 heavy (non-hydrogen) atoms. The van der Waals surface area contributed by atoms with Gasteiger partial charge in [-0.25, -0.2) is 9.97 Å². The van der Waals surface area contributed by atoms with Crippen molar-refractivity contribution in [2.24, 2.45) is 0 Å². The number of rotatable bonds is 2. The second kappa shape index (κ2) is 4.50. The summed E-state index contributed by atoms with van der Waals surface area (Å²) in [6, 6.07) is 8.02. The monoisotopic (exact) mass is 240 g/mol. The molecule has 0 aliphatic heterocycles. The Morgan fingerprint density at radius 2 is 2.00 bits per heavy atom. The Balaban J connectivity index is 1.95. The lowest BCUT2D eigenvalue weighted by atomic mass is 10.0. The van der Waals surface area contributed by atoms with Gasteiger partial charge in [0.15, 0.2) is 0 Å². The second-order valence-electron chi connectivity index (χ2n) is 4.81. The van der Waals surface area contributed by atoms with Crippen molar-refractivity contribution in [3.63, 3.8) is 0 Å². The van der Waals surface area contributed by atoms with Crippen LogP contribution in [0.1, 0.15) is 40.7 Å². The highest BCUT2D eigenvalue weighted by Crippen LogP contribution is 2.27. The van der Waals surface area contributed by atoms with Crippen molar-refractivity contribution in [1.82, 2.24) is 9.97 Å². The number of aryl methyl sites for hydroxylation is 3. The maximum Gasteiger partial charge on any atom is 0.125 e. The normalized spacial score (nSPS) is 15.4. The topological polar surface area (TPSA) is 46.0 Å². The first-order valence-electron chi connectivity index (χ1n) is 6.33. The van der Waals surface area contributed by atoms with Gasteiger partial charge in [-0.05, 0) is 48.9 Å². The lowest BCUT2D eigenvalue weighted by Crippen LogP contribution is -2.04. The summed E-state index contributed by atoms with van der Waals surface area (Å²) >= 11 is 0. The third-order valence-electron chi connectivity index (χ3n) is 3.52. The molecule has 1 heterocycles. The average molecular weight is 240 g/mol. The van der Waals surface area contributed by atoms with Gasteiger partial charge in [-0.3, -0.25) is 0 Å². The minimum absolute atomic E-state index is 0.655. The Hall–Kier alpha value is -1.74. The van der Waals surface area contributed by atoms with Gasteiger partial charge in [0, 0.05) is 6.20 Å². The van der Waals surface area contributed by atoms with Gasteiger partial charge in [0.25, 0.3) is 0 Å². The van der Waals surface area contributed by atoms with E-state index in [9.17, 15) is 5.11 Å². The van der Waals surface area contributed by atoms with Crippen LogP contribution in [0.5, 0.6) is 0 Å². The van der Waals surface area contributed by atoms with Crippen molar-refractivity contribution in [2.45, 2.75) is 32.3 Å². The van der Waals surface area contributed by atoms with Crippen LogP contribution in [0.15, 0.2) is 30.5 Å². The third kappa shape index (κ3) is 2.02. The first-order valence-corrected chi connectivity index (χ1v) is 6.33. The minimum atomic E-state index is -0.655. The summed E-state index contributed by atoms with van der Waals surface area (Å²) in [5.74, 6) is 0.688. The molecule has 0 bridgehead atoms. The zero-order valence-electron chi connectivity index (χ0n) is 10.4. The number of fused-ring (bicyclic) bond motifs is 1. The van der Waals surface area contributed by atoms with Crippen molar-refractivity contribution in [2.75, 3.05) is 0 Å². The van der Waals surface area contributed by atoms with E-state index in [4.69, 9.17) is 0 Å². The maximum absolute atomic E-state index is 10.4. The Bertz CT molecular complexity index is 580. The van der Waals surface area contributed by atoms with Crippen LogP contribution < -0.4 is 0 Å². The smallest absolute Gasteiger partial charge is 0.125 e. The molecule has 0 amide bonds. The van der Waals surface area contributed by atoms with E-state index in [0.29, 0.717) is 11.5 Å². The van der Waals surface area contributed by atoms with Crippen LogP contribution in [0, 0.1) is 6.92 Å². The quantitative estimate of drug-likeness (QED) is 0.876. The highest BCUT2D eigenvalue weighted by atomic mass is 16.3. The standard InChI is InChI=1S/C15H16N2O/c1-10-16-8-7-14(17-10)15(18)13-6-5-11-3-2-4-12(11)9-13/h5-9,15,18H,2-4H2,1H3. The van der Waals surface area contributed by atoms with E-state index in [1.807, 2.05) is 13.0 Å². The number of nitrogens with zero attached hydrogens (tertiary/aromatic N) is 2.